The quantitative estimate of drug-likeness (QED) is 0.714. The predicted molar refractivity (Wildman–Crippen MR) is 100 cm³/mol. The second-order valence-electron chi connectivity index (χ2n) is 9.53. The first-order chi connectivity index (χ1) is 11.7. The van der Waals surface area contributed by atoms with Crippen LogP contribution in [0.15, 0.2) is 0 Å². The summed E-state index contributed by atoms with van der Waals surface area (Å²) in [5, 5.41) is 0. The normalized spacial score (nSPS) is 43.1. The van der Waals surface area contributed by atoms with Crippen LogP contribution < -0.4 is 16.6 Å². The molecule has 0 aromatic rings. The lowest BCUT2D eigenvalue weighted by Crippen LogP contribution is -2.58. The van der Waals surface area contributed by atoms with Crippen LogP contribution in [0, 0.1) is 23.7 Å². The second kappa shape index (κ2) is 7.63. The van der Waals surface area contributed by atoms with E-state index in [9.17, 15) is 0 Å². The van der Waals surface area contributed by atoms with Gasteiger partial charge in [0.15, 0.2) is 0 Å². The first-order valence-electron chi connectivity index (χ1n) is 11.1. The molecular formula is C21H39N3. The van der Waals surface area contributed by atoms with Crippen molar-refractivity contribution in [1.29, 1.82) is 0 Å². The van der Waals surface area contributed by atoms with Crippen LogP contribution >= 0.6 is 0 Å². The van der Waals surface area contributed by atoms with Gasteiger partial charge in [0.05, 0.1) is 5.66 Å². The van der Waals surface area contributed by atoms with Gasteiger partial charge in [-0.1, -0.05) is 51.4 Å². The highest BCUT2D eigenvalue weighted by atomic mass is 15.5. The summed E-state index contributed by atoms with van der Waals surface area (Å²) in [5.41, 5.74) is 13.9. The van der Waals surface area contributed by atoms with E-state index in [1.54, 1.807) is 0 Å². The smallest absolute Gasteiger partial charge is 0.0836 e. The number of hydrogen-bond acceptors (Lipinski definition) is 3. The van der Waals surface area contributed by atoms with Crippen molar-refractivity contribution >= 4 is 0 Å². The number of hydrogen-bond donors (Lipinski definition) is 3. The lowest BCUT2D eigenvalue weighted by Gasteiger charge is -2.41. The van der Waals surface area contributed by atoms with Crippen LogP contribution in [0.2, 0.25) is 0 Å². The Morgan fingerprint density at radius 2 is 1.17 bits per heavy atom. The van der Waals surface area contributed by atoms with Crippen molar-refractivity contribution in [3.8, 4) is 0 Å². The molecule has 4 rings (SSSR count). The van der Waals surface area contributed by atoms with Gasteiger partial charge in [0, 0.05) is 6.04 Å². The summed E-state index contributed by atoms with van der Waals surface area (Å²) in [6.45, 7) is 0. The third-order valence-electron chi connectivity index (χ3n) is 8.08. The van der Waals surface area contributed by atoms with Crippen LogP contribution in [0.25, 0.3) is 0 Å². The molecular weight excluding hydrogens is 294 g/mol. The summed E-state index contributed by atoms with van der Waals surface area (Å²) >= 11 is 0. The molecule has 0 radical (unpaired) electrons. The zero-order valence-electron chi connectivity index (χ0n) is 15.6. The van der Waals surface area contributed by atoms with Gasteiger partial charge in [-0.05, 0) is 68.6 Å². The van der Waals surface area contributed by atoms with E-state index in [1.165, 1.54) is 89.9 Å². The van der Waals surface area contributed by atoms with Gasteiger partial charge >= 0.3 is 0 Å². The summed E-state index contributed by atoms with van der Waals surface area (Å²) in [4.78, 5) is 0. The Morgan fingerprint density at radius 1 is 0.625 bits per heavy atom. The van der Waals surface area contributed by atoms with Crippen molar-refractivity contribution in [2.45, 2.75) is 108 Å². The third-order valence-corrected chi connectivity index (χ3v) is 8.08. The average Bonchev–Trinajstić information content (AvgIpc) is 3.07. The van der Waals surface area contributed by atoms with Crippen LogP contribution in [0.3, 0.4) is 0 Å². The minimum Gasteiger partial charge on any atom is -0.312 e. The Balaban J connectivity index is 1.28. The molecule has 4 aliphatic rings. The van der Waals surface area contributed by atoms with Gasteiger partial charge in [-0.15, -0.1) is 0 Å². The lowest BCUT2D eigenvalue weighted by atomic mass is 9.68. The Kier molecular flexibility index (Phi) is 5.50. The van der Waals surface area contributed by atoms with Crippen LogP contribution in [0.1, 0.15) is 96.3 Å². The summed E-state index contributed by atoms with van der Waals surface area (Å²) in [7, 11) is 0. The van der Waals surface area contributed by atoms with Crippen LogP contribution in [-0.2, 0) is 0 Å². The van der Waals surface area contributed by atoms with E-state index in [2.05, 4.69) is 10.9 Å². The molecule has 138 valence electrons. The molecule has 1 heterocycles. The molecule has 1 saturated heterocycles. The first kappa shape index (κ1) is 17.3. The average molecular weight is 334 g/mol. The molecule has 1 aliphatic heterocycles. The van der Waals surface area contributed by atoms with Gasteiger partial charge < -0.3 is 5.73 Å². The zero-order chi connectivity index (χ0) is 16.4. The highest BCUT2D eigenvalue weighted by molar-refractivity contribution is 5.00. The lowest BCUT2D eigenvalue weighted by molar-refractivity contribution is 0.112. The SMILES string of the molecule is NC1(C2CCC(C3CCCCC3)CC2)CC(C2CCCCC2)NN1. The Morgan fingerprint density at radius 3 is 1.79 bits per heavy atom. The maximum absolute atomic E-state index is 6.88. The van der Waals surface area contributed by atoms with E-state index in [0.717, 1.165) is 24.2 Å². The fourth-order valence-corrected chi connectivity index (χ4v) is 6.49. The van der Waals surface area contributed by atoms with Crippen molar-refractivity contribution in [1.82, 2.24) is 10.9 Å². The third kappa shape index (κ3) is 3.68. The van der Waals surface area contributed by atoms with Crippen molar-refractivity contribution in [3.05, 3.63) is 0 Å². The Hall–Kier alpha value is -0.120. The molecule has 4 fully saturated rings. The summed E-state index contributed by atoms with van der Waals surface area (Å²) in [5.74, 6) is 3.58. The van der Waals surface area contributed by atoms with Gasteiger partial charge in [0.1, 0.15) is 0 Å². The van der Waals surface area contributed by atoms with Gasteiger partial charge in [-0.2, -0.15) is 0 Å². The topological polar surface area (TPSA) is 50.1 Å². The minimum atomic E-state index is -0.139. The summed E-state index contributed by atoms with van der Waals surface area (Å²) < 4.78 is 0. The Bertz CT molecular complexity index is 392. The molecule has 0 aromatic carbocycles. The first-order valence-corrected chi connectivity index (χ1v) is 11.1. The fourth-order valence-electron chi connectivity index (χ4n) is 6.49. The van der Waals surface area contributed by atoms with E-state index >= 15 is 0 Å². The van der Waals surface area contributed by atoms with E-state index in [4.69, 9.17) is 5.73 Å². The molecule has 3 aliphatic carbocycles. The number of hydrazine groups is 1. The van der Waals surface area contributed by atoms with Crippen LogP contribution in [0.4, 0.5) is 0 Å². The molecule has 4 N–H and O–H groups in total. The highest BCUT2D eigenvalue weighted by Gasteiger charge is 2.45. The molecule has 24 heavy (non-hydrogen) atoms. The van der Waals surface area contributed by atoms with Gasteiger partial charge in [0.25, 0.3) is 0 Å². The van der Waals surface area contributed by atoms with E-state index in [1.807, 2.05) is 0 Å². The monoisotopic (exact) mass is 333 g/mol. The standard InChI is InChI=1S/C21H39N3/c22-21(15-20(23-24-21)18-9-5-2-6-10-18)19-13-11-17(12-14-19)16-7-3-1-4-8-16/h16-20,23-24H,1-15,22H2. The highest BCUT2D eigenvalue weighted by Crippen LogP contribution is 2.44. The number of rotatable bonds is 3. The van der Waals surface area contributed by atoms with Gasteiger partial charge in [-0.25, -0.2) is 5.43 Å². The van der Waals surface area contributed by atoms with E-state index < -0.39 is 0 Å². The van der Waals surface area contributed by atoms with E-state index in [0.29, 0.717) is 12.0 Å². The second-order valence-corrected chi connectivity index (χ2v) is 9.53. The van der Waals surface area contributed by atoms with Crippen LogP contribution in [0.5, 0.6) is 0 Å². The molecule has 0 spiro atoms. The maximum Gasteiger partial charge on any atom is 0.0836 e. The molecule has 2 atom stereocenters. The summed E-state index contributed by atoms with van der Waals surface area (Å²) in [6.07, 6.45) is 21.3. The molecule has 0 bridgehead atoms. The molecule has 3 nitrogen and oxygen atoms in total. The summed E-state index contributed by atoms with van der Waals surface area (Å²) in [6, 6.07) is 0.617. The fraction of sp³-hybridized carbons (Fsp3) is 1.00. The largest absolute Gasteiger partial charge is 0.312 e. The number of nitrogens with one attached hydrogen (secondary N) is 2. The van der Waals surface area contributed by atoms with Crippen molar-refractivity contribution in [3.63, 3.8) is 0 Å². The molecule has 2 unspecified atom stereocenters. The van der Waals surface area contributed by atoms with Crippen molar-refractivity contribution in [2.24, 2.45) is 29.4 Å². The van der Waals surface area contributed by atoms with Gasteiger partial charge in [0.2, 0.25) is 0 Å². The molecule has 3 heteroatoms. The van der Waals surface area contributed by atoms with Crippen molar-refractivity contribution in [2.75, 3.05) is 0 Å². The number of nitrogens with two attached hydrogens (primary N) is 1. The van der Waals surface area contributed by atoms with Crippen LogP contribution in [-0.4, -0.2) is 11.7 Å². The zero-order valence-corrected chi connectivity index (χ0v) is 15.6. The minimum absolute atomic E-state index is 0.139. The van der Waals surface area contributed by atoms with Crippen molar-refractivity contribution < 1.29 is 0 Å². The molecule has 3 saturated carbocycles. The van der Waals surface area contributed by atoms with Gasteiger partial charge in [-0.3, -0.25) is 5.43 Å². The Labute approximate surface area is 148 Å². The maximum atomic E-state index is 6.88. The molecule has 0 amide bonds. The predicted octanol–water partition coefficient (Wildman–Crippen LogP) is 4.47. The molecule has 0 aromatic heterocycles. The van der Waals surface area contributed by atoms with E-state index in [-0.39, 0.29) is 5.66 Å².